The smallest absolute Gasteiger partial charge is 0.462 e. The molecule has 546 valence electrons. The maximum Gasteiger partial charge on any atom is 0.472 e. The van der Waals surface area contributed by atoms with Crippen LogP contribution < -0.4 is 0 Å². The number of aliphatic hydroxyl groups is 1. The van der Waals surface area contributed by atoms with Crippen LogP contribution in [0.3, 0.4) is 0 Å². The van der Waals surface area contributed by atoms with Gasteiger partial charge in [-0.2, -0.15) is 0 Å². The van der Waals surface area contributed by atoms with Crippen molar-refractivity contribution in [3.05, 3.63) is 0 Å². The average molecular weight is 1350 g/mol. The minimum absolute atomic E-state index is 0.104. The van der Waals surface area contributed by atoms with Gasteiger partial charge in [0, 0.05) is 25.7 Å². The Labute approximate surface area is 562 Å². The van der Waals surface area contributed by atoms with E-state index in [2.05, 4.69) is 55.4 Å². The van der Waals surface area contributed by atoms with Crippen LogP contribution in [0.1, 0.15) is 364 Å². The molecule has 0 aliphatic carbocycles. The molecule has 0 rings (SSSR count). The summed E-state index contributed by atoms with van der Waals surface area (Å²) in [6, 6.07) is 0. The molecule has 0 aliphatic rings. The second-order valence-corrected chi connectivity index (χ2v) is 30.7. The molecule has 0 aliphatic heterocycles. The molecule has 0 heterocycles. The molecule has 0 amide bonds. The summed E-state index contributed by atoms with van der Waals surface area (Å²) < 4.78 is 68.4. The van der Waals surface area contributed by atoms with Crippen LogP contribution >= 0.6 is 15.6 Å². The number of esters is 4. The van der Waals surface area contributed by atoms with Crippen LogP contribution in [0.4, 0.5) is 0 Å². The molecule has 0 aromatic heterocycles. The van der Waals surface area contributed by atoms with Crippen molar-refractivity contribution in [3.8, 4) is 0 Å². The number of phosphoric ester groups is 2. The zero-order valence-electron chi connectivity index (χ0n) is 60.2. The molecule has 0 aromatic carbocycles. The van der Waals surface area contributed by atoms with Gasteiger partial charge in [0.2, 0.25) is 0 Å². The second kappa shape index (κ2) is 62.6. The average Bonchev–Trinajstić information content (AvgIpc) is 3.40. The monoisotopic (exact) mass is 1350 g/mol. The summed E-state index contributed by atoms with van der Waals surface area (Å²) in [4.78, 5) is 72.7. The molecule has 7 atom stereocenters. The van der Waals surface area contributed by atoms with E-state index in [1.54, 1.807) is 0 Å². The Morgan fingerprint density at radius 2 is 0.522 bits per heavy atom. The van der Waals surface area contributed by atoms with Gasteiger partial charge in [0.15, 0.2) is 12.2 Å². The molecule has 0 saturated carbocycles. The summed E-state index contributed by atoms with van der Waals surface area (Å²) >= 11 is 0. The Kier molecular flexibility index (Phi) is 61.3. The number of unbranched alkanes of at least 4 members (excludes halogenated alkanes) is 34. The molecule has 5 unspecified atom stereocenters. The van der Waals surface area contributed by atoms with Crippen molar-refractivity contribution in [1.29, 1.82) is 0 Å². The van der Waals surface area contributed by atoms with Crippen molar-refractivity contribution in [2.75, 3.05) is 39.6 Å². The van der Waals surface area contributed by atoms with E-state index in [9.17, 15) is 43.2 Å². The molecule has 0 bridgehead atoms. The maximum atomic E-state index is 13.1. The normalized spacial score (nSPS) is 14.8. The quantitative estimate of drug-likeness (QED) is 0.0222. The van der Waals surface area contributed by atoms with E-state index in [0.29, 0.717) is 31.6 Å². The zero-order valence-corrected chi connectivity index (χ0v) is 62.0. The maximum absolute atomic E-state index is 13.1. The summed E-state index contributed by atoms with van der Waals surface area (Å²) in [5.74, 6) is 0.944. The van der Waals surface area contributed by atoms with Crippen molar-refractivity contribution >= 4 is 39.5 Å². The first-order valence-electron chi connectivity index (χ1n) is 37.8. The van der Waals surface area contributed by atoms with Crippen LogP contribution in [0.15, 0.2) is 0 Å². The fourth-order valence-electron chi connectivity index (χ4n) is 11.0. The first-order valence-corrected chi connectivity index (χ1v) is 40.8. The lowest BCUT2D eigenvalue weighted by molar-refractivity contribution is -0.161. The molecular weight excluding hydrogens is 1210 g/mol. The van der Waals surface area contributed by atoms with Gasteiger partial charge in [-0.3, -0.25) is 37.3 Å². The first-order chi connectivity index (χ1) is 44.2. The topological polar surface area (TPSA) is 237 Å². The highest BCUT2D eigenvalue weighted by Crippen LogP contribution is 2.45. The first kappa shape index (κ1) is 90.1. The van der Waals surface area contributed by atoms with Crippen molar-refractivity contribution in [2.24, 2.45) is 23.7 Å². The Morgan fingerprint density at radius 3 is 0.772 bits per heavy atom. The fraction of sp³-hybridized carbons (Fsp3) is 0.945. The minimum atomic E-state index is -4.96. The summed E-state index contributed by atoms with van der Waals surface area (Å²) in [6.45, 7) is 14.2. The third kappa shape index (κ3) is 64.1. The number of rotatable bonds is 70. The van der Waals surface area contributed by atoms with Gasteiger partial charge in [-0.1, -0.05) is 312 Å². The van der Waals surface area contributed by atoms with Gasteiger partial charge in [0.1, 0.15) is 19.3 Å². The van der Waals surface area contributed by atoms with E-state index in [1.165, 1.54) is 161 Å². The summed E-state index contributed by atoms with van der Waals surface area (Å²) in [6.07, 6.45) is 45.7. The number of ether oxygens (including phenoxy) is 4. The lowest BCUT2D eigenvalue weighted by atomic mass is 9.99. The van der Waals surface area contributed by atoms with Crippen LogP contribution in [0.2, 0.25) is 0 Å². The number of carbonyl (C=O) groups is 4. The zero-order chi connectivity index (χ0) is 68.2. The van der Waals surface area contributed by atoms with Crippen molar-refractivity contribution < 1.29 is 80.2 Å². The fourth-order valence-corrected chi connectivity index (χ4v) is 12.5. The Bertz CT molecular complexity index is 1820. The van der Waals surface area contributed by atoms with E-state index in [4.69, 9.17) is 37.0 Å². The summed E-state index contributed by atoms with van der Waals surface area (Å²) in [7, 11) is -9.91. The Morgan fingerprint density at radius 1 is 0.304 bits per heavy atom. The number of aliphatic hydroxyl groups excluding tert-OH is 1. The number of carbonyl (C=O) groups excluding carboxylic acids is 4. The molecule has 0 radical (unpaired) electrons. The predicted octanol–water partition coefficient (Wildman–Crippen LogP) is 20.9. The molecule has 0 spiro atoms. The third-order valence-electron chi connectivity index (χ3n) is 17.5. The molecule has 17 nitrogen and oxygen atoms in total. The SMILES string of the molecule is CCC(C)CCCCCCCCCCCCC(=O)OC[C@H](COP(=O)(O)OCC(O)COP(=O)(O)OC[C@@H](COC(=O)CCCCCCCCCC(C)C)OC(=O)CCCCCCCCCCC(C)CC)OC(=O)CCCCCCCCCCCCCCCC(C)C. The van der Waals surface area contributed by atoms with Gasteiger partial charge < -0.3 is 33.8 Å². The molecule has 92 heavy (non-hydrogen) atoms. The van der Waals surface area contributed by atoms with E-state index in [-0.39, 0.29) is 25.7 Å². The van der Waals surface area contributed by atoms with E-state index >= 15 is 0 Å². The van der Waals surface area contributed by atoms with Gasteiger partial charge >= 0.3 is 39.5 Å². The minimum Gasteiger partial charge on any atom is -0.462 e. The predicted molar refractivity (Wildman–Crippen MR) is 372 cm³/mol. The molecular formula is C73H142O17P2. The van der Waals surface area contributed by atoms with Crippen LogP contribution in [0.25, 0.3) is 0 Å². The van der Waals surface area contributed by atoms with Crippen molar-refractivity contribution in [2.45, 2.75) is 382 Å². The summed E-state index contributed by atoms with van der Waals surface area (Å²) in [5, 5.41) is 10.6. The Balaban J connectivity index is 5.27. The molecule has 3 N–H and O–H groups in total. The molecule has 0 saturated heterocycles. The molecule has 19 heteroatoms. The highest BCUT2D eigenvalue weighted by molar-refractivity contribution is 7.47. The van der Waals surface area contributed by atoms with Gasteiger partial charge in [-0.05, 0) is 49.4 Å². The Hall–Kier alpha value is -1.94. The second-order valence-electron chi connectivity index (χ2n) is 27.8. The van der Waals surface area contributed by atoms with Crippen molar-refractivity contribution in [3.63, 3.8) is 0 Å². The number of hydrogen-bond donors (Lipinski definition) is 3. The molecule has 0 fully saturated rings. The highest BCUT2D eigenvalue weighted by atomic mass is 31.2. The van der Waals surface area contributed by atoms with E-state index in [1.807, 2.05) is 0 Å². The van der Waals surface area contributed by atoms with Gasteiger partial charge in [-0.15, -0.1) is 0 Å². The van der Waals surface area contributed by atoms with Crippen LogP contribution in [0, 0.1) is 23.7 Å². The summed E-state index contributed by atoms with van der Waals surface area (Å²) in [5.41, 5.74) is 0. The number of hydrogen-bond acceptors (Lipinski definition) is 15. The molecule has 0 aromatic rings. The lowest BCUT2D eigenvalue weighted by Crippen LogP contribution is -2.30. The van der Waals surface area contributed by atoms with E-state index in [0.717, 1.165) is 114 Å². The van der Waals surface area contributed by atoms with Gasteiger partial charge in [-0.25, -0.2) is 9.13 Å². The standard InChI is InChI=1S/C73H142O17P2/c1-9-65(7)51-43-35-27-19-16-17-20-29-37-45-53-70(75)83-59-68(89-72(77)55-47-39-30-21-15-13-11-12-14-18-25-33-41-49-63(3)4)61-87-91(79,80)85-57-67(74)58-86-92(81,82)88-62-69(60-84-71(76)54-46-38-32-24-26-34-42-50-64(5)6)90-73(78)56-48-40-31-23-22-28-36-44-52-66(8)10-2/h63-69,74H,9-62H2,1-8H3,(H,79,80)(H,81,82)/t65?,66?,67?,68-,69-/m1/s1. The number of phosphoric acid groups is 2. The van der Waals surface area contributed by atoms with Crippen LogP contribution in [0.5, 0.6) is 0 Å². The largest absolute Gasteiger partial charge is 0.472 e. The van der Waals surface area contributed by atoms with Gasteiger partial charge in [0.05, 0.1) is 26.4 Å². The van der Waals surface area contributed by atoms with E-state index < -0.39 is 97.5 Å². The lowest BCUT2D eigenvalue weighted by Gasteiger charge is -2.21. The van der Waals surface area contributed by atoms with Gasteiger partial charge in [0.25, 0.3) is 0 Å². The van der Waals surface area contributed by atoms with Crippen molar-refractivity contribution in [1.82, 2.24) is 0 Å². The third-order valence-corrected chi connectivity index (χ3v) is 19.4. The van der Waals surface area contributed by atoms with Crippen LogP contribution in [-0.4, -0.2) is 96.7 Å². The highest BCUT2D eigenvalue weighted by Gasteiger charge is 2.30. The van der Waals surface area contributed by atoms with Crippen LogP contribution in [-0.2, 0) is 65.4 Å².